The van der Waals surface area contributed by atoms with Crippen LogP contribution in [0.25, 0.3) is 10.8 Å². The van der Waals surface area contributed by atoms with Crippen LogP contribution in [0.3, 0.4) is 0 Å². The van der Waals surface area contributed by atoms with Gasteiger partial charge in [-0.2, -0.15) is 0 Å². The van der Waals surface area contributed by atoms with Crippen LogP contribution in [0.5, 0.6) is 0 Å². The van der Waals surface area contributed by atoms with E-state index in [-0.39, 0.29) is 6.04 Å². The average molecular weight is 186 g/mol. The first-order chi connectivity index (χ1) is 6.77. The minimum absolute atomic E-state index is 0.203. The Morgan fingerprint density at radius 2 is 2.21 bits per heavy atom. The fraction of sp³-hybridized carbons (Fsp3) is 0.250. The molecule has 0 saturated heterocycles. The summed E-state index contributed by atoms with van der Waals surface area (Å²) in [6.45, 7) is 2.03. The Kier molecular flexibility index (Phi) is 2.46. The molecule has 0 aliphatic heterocycles. The highest BCUT2D eigenvalue weighted by Gasteiger charge is 2.02. The third kappa shape index (κ3) is 1.75. The standard InChI is InChI=1S/C12H14N2/c1-9(13)7-10-3-2-4-11-8-14-6-5-12(10)11/h2-6,8-9H,7,13H2,1H3/t9-/m1/s1. The van der Waals surface area contributed by atoms with Crippen LogP contribution in [0.15, 0.2) is 36.7 Å². The van der Waals surface area contributed by atoms with Crippen LogP contribution in [0.4, 0.5) is 0 Å². The van der Waals surface area contributed by atoms with Gasteiger partial charge in [-0.15, -0.1) is 0 Å². The Morgan fingerprint density at radius 1 is 1.36 bits per heavy atom. The number of nitrogens with two attached hydrogens (primary N) is 1. The largest absolute Gasteiger partial charge is 0.328 e. The second kappa shape index (κ2) is 3.76. The van der Waals surface area contributed by atoms with Crippen molar-refractivity contribution in [2.24, 2.45) is 5.73 Å². The molecule has 0 unspecified atom stereocenters. The lowest BCUT2D eigenvalue weighted by Crippen LogP contribution is -2.17. The third-order valence-electron chi connectivity index (χ3n) is 2.31. The summed E-state index contributed by atoms with van der Waals surface area (Å²) < 4.78 is 0. The van der Waals surface area contributed by atoms with E-state index in [4.69, 9.17) is 5.73 Å². The lowest BCUT2D eigenvalue weighted by Gasteiger charge is -2.08. The lowest BCUT2D eigenvalue weighted by atomic mass is 10.0. The van der Waals surface area contributed by atoms with Crippen molar-refractivity contribution in [1.29, 1.82) is 0 Å². The molecule has 0 radical (unpaired) electrons. The van der Waals surface area contributed by atoms with Gasteiger partial charge in [0.1, 0.15) is 0 Å². The summed E-state index contributed by atoms with van der Waals surface area (Å²) in [5.74, 6) is 0. The molecule has 0 fully saturated rings. The number of hydrogen-bond donors (Lipinski definition) is 1. The predicted molar refractivity (Wildman–Crippen MR) is 59.1 cm³/mol. The van der Waals surface area contributed by atoms with Crippen molar-refractivity contribution in [2.75, 3.05) is 0 Å². The van der Waals surface area contributed by atoms with E-state index in [0.29, 0.717) is 0 Å². The normalized spacial score (nSPS) is 13.0. The Labute approximate surface area is 83.8 Å². The van der Waals surface area contributed by atoms with E-state index >= 15 is 0 Å². The first kappa shape index (κ1) is 9.16. The molecular weight excluding hydrogens is 172 g/mol. The molecule has 0 aliphatic carbocycles. The highest BCUT2D eigenvalue weighted by Crippen LogP contribution is 2.18. The van der Waals surface area contributed by atoms with Crippen LogP contribution in [-0.4, -0.2) is 11.0 Å². The van der Waals surface area contributed by atoms with Gasteiger partial charge in [-0.05, 0) is 30.4 Å². The van der Waals surface area contributed by atoms with Gasteiger partial charge in [-0.1, -0.05) is 18.2 Å². The van der Waals surface area contributed by atoms with Gasteiger partial charge < -0.3 is 5.73 Å². The molecule has 72 valence electrons. The fourth-order valence-electron chi connectivity index (χ4n) is 1.71. The van der Waals surface area contributed by atoms with Gasteiger partial charge in [-0.25, -0.2) is 0 Å². The van der Waals surface area contributed by atoms with E-state index < -0.39 is 0 Å². The molecule has 0 spiro atoms. The molecule has 0 saturated carbocycles. The van der Waals surface area contributed by atoms with Crippen molar-refractivity contribution in [3.05, 3.63) is 42.2 Å². The first-order valence-electron chi connectivity index (χ1n) is 4.84. The van der Waals surface area contributed by atoms with Crippen LogP contribution < -0.4 is 5.73 Å². The van der Waals surface area contributed by atoms with Crippen molar-refractivity contribution < 1.29 is 0 Å². The third-order valence-corrected chi connectivity index (χ3v) is 2.31. The van der Waals surface area contributed by atoms with Crippen molar-refractivity contribution in [2.45, 2.75) is 19.4 Å². The van der Waals surface area contributed by atoms with Crippen molar-refractivity contribution in [1.82, 2.24) is 4.98 Å². The number of aromatic nitrogens is 1. The summed E-state index contributed by atoms with van der Waals surface area (Å²) in [6, 6.07) is 8.52. The van der Waals surface area contributed by atoms with Crippen LogP contribution in [0.2, 0.25) is 0 Å². The summed E-state index contributed by atoms with van der Waals surface area (Å²) >= 11 is 0. The highest BCUT2D eigenvalue weighted by atomic mass is 14.6. The maximum atomic E-state index is 5.80. The Balaban J connectivity index is 2.53. The van der Waals surface area contributed by atoms with Crippen LogP contribution >= 0.6 is 0 Å². The molecule has 0 bridgehead atoms. The lowest BCUT2D eigenvalue weighted by molar-refractivity contribution is 0.741. The maximum Gasteiger partial charge on any atom is 0.0346 e. The van der Waals surface area contributed by atoms with E-state index in [9.17, 15) is 0 Å². The second-order valence-corrected chi connectivity index (χ2v) is 3.70. The van der Waals surface area contributed by atoms with Crippen molar-refractivity contribution >= 4 is 10.8 Å². The Morgan fingerprint density at radius 3 is 3.00 bits per heavy atom. The van der Waals surface area contributed by atoms with Gasteiger partial charge in [0.05, 0.1) is 0 Å². The molecule has 14 heavy (non-hydrogen) atoms. The quantitative estimate of drug-likeness (QED) is 0.780. The van der Waals surface area contributed by atoms with Gasteiger partial charge in [0.25, 0.3) is 0 Å². The number of nitrogens with zero attached hydrogens (tertiary/aromatic N) is 1. The molecule has 2 rings (SSSR count). The Bertz CT molecular complexity index is 430. The molecular formula is C12H14N2. The molecule has 2 heteroatoms. The van der Waals surface area contributed by atoms with Crippen LogP contribution in [-0.2, 0) is 6.42 Å². The fourth-order valence-corrected chi connectivity index (χ4v) is 1.71. The smallest absolute Gasteiger partial charge is 0.0346 e. The van der Waals surface area contributed by atoms with Gasteiger partial charge in [0.2, 0.25) is 0 Å². The van der Waals surface area contributed by atoms with E-state index in [1.165, 1.54) is 16.3 Å². The monoisotopic (exact) mass is 186 g/mol. The molecule has 1 heterocycles. The SMILES string of the molecule is C[C@@H](N)Cc1cccc2cnccc12. The molecule has 1 aromatic carbocycles. The number of pyridine rings is 1. The number of rotatable bonds is 2. The maximum absolute atomic E-state index is 5.80. The molecule has 1 aromatic heterocycles. The summed E-state index contributed by atoms with van der Waals surface area (Å²) in [5.41, 5.74) is 7.11. The van der Waals surface area contributed by atoms with Crippen molar-refractivity contribution in [3.8, 4) is 0 Å². The summed E-state index contributed by atoms with van der Waals surface area (Å²) in [7, 11) is 0. The number of fused-ring (bicyclic) bond motifs is 1. The summed E-state index contributed by atoms with van der Waals surface area (Å²) in [6.07, 6.45) is 4.63. The van der Waals surface area contributed by atoms with Gasteiger partial charge in [0.15, 0.2) is 0 Å². The van der Waals surface area contributed by atoms with E-state index in [0.717, 1.165) is 6.42 Å². The van der Waals surface area contributed by atoms with Gasteiger partial charge in [0, 0.05) is 23.8 Å². The topological polar surface area (TPSA) is 38.9 Å². The number of benzene rings is 1. The van der Waals surface area contributed by atoms with Crippen LogP contribution in [0, 0.1) is 0 Å². The zero-order chi connectivity index (χ0) is 9.97. The first-order valence-corrected chi connectivity index (χ1v) is 4.84. The predicted octanol–water partition coefficient (Wildman–Crippen LogP) is 2.12. The molecule has 2 N–H and O–H groups in total. The van der Waals surface area contributed by atoms with E-state index in [1.807, 2.05) is 25.4 Å². The molecule has 2 aromatic rings. The molecule has 1 atom stereocenters. The number of hydrogen-bond acceptors (Lipinski definition) is 2. The highest BCUT2D eigenvalue weighted by molar-refractivity contribution is 5.84. The minimum atomic E-state index is 0.203. The molecule has 0 aliphatic rings. The van der Waals surface area contributed by atoms with Gasteiger partial charge >= 0.3 is 0 Å². The zero-order valence-corrected chi connectivity index (χ0v) is 8.27. The van der Waals surface area contributed by atoms with E-state index in [1.54, 1.807) is 0 Å². The molecule has 2 nitrogen and oxygen atoms in total. The van der Waals surface area contributed by atoms with Crippen LogP contribution in [0.1, 0.15) is 12.5 Å². The van der Waals surface area contributed by atoms with Crippen molar-refractivity contribution in [3.63, 3.8) is 0 Å². The second-order valence-electron chi connectivity index (χ2n) is 3.70. The van der Waals surface area contributed by atoms with E-state index in [2.05, 4.69) is 23.2 Å². The Hall–Kier alpha value is -1.41. The summed E-state index contributed by atoms with van der Waals surface area (Å²) in [4.78, 5) is 4.10. The van der Waals surface area contributed by atoms with Gasteiger partial charge in [-0.3, -0.25) is 4.98 Å². The zero-order valence-electron chi connectivity index (χ0n) is 8.27. The molecule has 0 amide bonds. The summed E-state index contributed by atoms with van der Waals surface area (Å²) in [5, 5.41) is 2.45. The minimum Gasteiger partial charge on any atom is -0.328 e. The average Bonchev–Trinajstić information content (AvgIpc) is 2.18.